The van der Waals surface area contributed by atoms with Crippen molar-refractivity contribution in [2.24, 2.45) is 0 Å². The Balaban J connectivity index is 2.64. The lowest BCUT2D eigenvalue weighted by atomic mass is 10.2. The summed E-state index contributed by atoms with van der Waals surface area (Å²) in [5, 5.41) is 0. The number of fused-ring (bicyclic) bond motifs is 1. The highest BCUT2D eigenvalue weighted by Crippen LogP contribution is 2.15. The van der Waals surface area contributed by atoms with Crippen LogP contribution in [0.15, 0.2) is 18.3 Å². The van der Waals surface area contributed by atoms with Crippen molar-refractivity contribution in [2.75, 3.05) is 6.61 Å². The van der Waals surface area contributed by atoms with E-state index >= 15 is 0 Å². The number of pyridine rings is 1. The summed E-state index contributed by atoms with van der Waals surface area (Å²) in [7, 11) is 0. The maximum Gasteiger partial charge on any atom is 0.357 e. The number of carbonyl (C=O) groups excluding carboxylic acids is 1. The number of imidazole rings is 1. The molecule has 2 aromatic rings. The number of hydrogen-bond acceptors (Lipinski definition) is 3. The lowest BCUT2D eigenvalue weighted by Crippen LogP contribution is -2.10. The third-order valence-corrected chi connectivity index (χ3v) is 2.46. The van der Waals surface area contributed by atoms with Crippen LogP contribution in [-0.4, -0.2) is 22.0 Å². The third kappa shape index (κ3) is 2.00. The fourth-order valence-corrected chi connectivity index (χ4v) is 1.73. The Hall–Kier alpha value is -1.91. The number of carbonyl (C=O) groups is 1. The van der Waals surface area contributed by atoms with Gasteiger partial charge in [-0.3, -0.25) is 4.40 Å². The van der Waals surface area contributed by atoms with Gasteiger partial charge in [0.2, 0.25) is 0 Å². The van der Waals surface area contributed by atoms with Crippen LogP contribution in [0.4, 0.5) is 4.39 Å². The van der Waals surface area contributed by atoms with Crippen molar-refractivity contribution in [3.63, 3.8) is 0 Å². The maximum absolute atomic E-state index is 13.2. The van der Waals surface area contributed by atoms with E-state index in [1.54, 1.807) is 6.92 Å². The molecule has 0 atom stereocenters. The molecule has 2 aromatic heterocycles. The molecule has 0 amide bonds. The Bertz CT molecular complexity index is 563. The lowest BCUT2D eigenvalue weighted by Gasteiger charge is -2.03. The molecule has 0 saturated heterocycles. The van der Waals surface area contributed by atoms with E-state index in [4.69, 9.17) is 4.74 Å². The van der Waals surface area contributed by atoms with Crippen LogP contribution in [-0.2, 0) is 11.2 Å². The van der Waals surface area contributed by atoms with Gasteiger partial charge in [-0.25, -0.2) is 14.2 Å². The molecule has 0 saturated carbocycles. The molecule has 0 aromatic carbocycles. The molecule has 4 nitrogen and oxygen atoms in total. The average molecular weight is 236 g/mol. The van der Waals surface area contributed by atoms with E-state index in [9.17, 15) is 9.18 Å². The van der Waals surface area contributed by atoms with Gasteiger partial charge in [-0.1, -0.05) is 6.92 Å². The first kappa shape index (κ1) is 11.6. The van der Waals surface area contributed by atoms with Crippen LogP contribution in [0.3, 0.4) is 0 Å². The topological polar surface area (TPSA) is 43.6 Å². The number of ether oxygens (including phenoxy) is 1. The summed E-state index contributed by atoms with van der Waals surface area (Å²) in [5.74, 6) is -0.884. The van der Waals surface area contributed by atoms with E-state index < -0.39 is 11.8 Å². The third-order valence-electron chi connectivity index (χ3n) is 2.46. The van der Waals surface area contributed by atoms with Crippen LogP contribution in [0, 0.1) is 5.82 Å². The molecule has 0 unspecified atom stereocenters. The van der Waals surface area contributed by atoms with E-state index in [1.165, 1.54) is 22.7 Å². The molecule has 0 N–H and O–H groups in total. The summed E-state index contributed by atoms with van der Waals surface area (Å²) < 4.78 is 19.6. The van der Waals surface area contributed by atoms with E-state index in [0.29, 0.717) is 23.5 Å². The Morgan fingerprint density at radius 2 is 2.24 bits per heavy atom. The van der Waals surface area contributed by atoms with Gasteiger partial charge in [0.1, 0.15) is 11.5 Å². The van der Waals surface area contributed by atoms with Crippen LogP contribution in [0.1, 0.15) is 30.0 Å². The molecule has 0 aliphatic rings. The van der Waals surface area contributed by atoms with E-state index in [1.807, 2.05) is 6.92 Å². The van der Waals surface area contributed by atoms with Crippen molar-refractivity contribution in [1.29, 1.82) is 0 Å². The minimum absolute atomic E-state index is 0.282. The first-order chi connectivity index (χ1) is 8.17. The molecule has 2 heterocycles. The van der Waals surface area contributed by atoms with Crippen molar-refractivity contribution >= 4 is 11.6 Å². The number of aromatic nitrogens is 2. The number of nitrogens with zero attached hydrogens (tertiary/aromatic N) is 2. The van der Waals surface area contributed by atoms with E-state index in [-0.39, 0.29) is 6.61 Å². The van der Waals surface area contributed by atoms with Crippen molar-refractivity contribution in [3.05, 3.63) is 35.5 Å². The highest BCUT2D eigenvalue weighted by Gasteiger charge is 2.19. The number of rotatable bonds is 3. The largest absolute Gasteiger partial charge is 0.461 e. The molecular weight excluding hydrogens is 223 g/mol. The van der Waals surface area contributed by atoms with Gasteiger partial charge < -0.3 is 4.74 Å². The van der Waals surface area contributed by atoms with Gasteiger partial charge in [-0.05, 0) is 25.5 Å². The van der Waals surface area contributed by atoms with Gasteiger partial charge in [-0.15, -0.1) is 0 Å². The Kier molecular flexibility index (Phi) is 3.08. The van der Waals surface area contributed by atoms with Crippen LogP contribution < -0.4 is 0 Å². The zero-order valence-corrected chi connectivity index (χ0v) is 9.74. The highest BCUT2D eigenvalue weighted by atomic mass is 19.1. The van der Waals surface area contributed by atoms with Crippen LogP contribution in [0.25, 0.3) is 5.65 Å². The summed E-state index contributed by atoms with van der Waals surface area (Å²) in [5.41, 5.74) is 1.48. The van der Waals surface area contributed by atoms with Crippen molar-refractivity contribution in [2.45, 2.75) is 20.3 Å². The summed E-state index contributed by atoms with van der Waals surface area (Å²) in [6.45, 7) is 3.90. The van der Waals surface area contributed by atoms with Gasteiger partial charge in [0.15, 0.2) is 5.69 Å². The minimum Gasteiger partial charge on any atom is -0.461 e. The second kappa shape index (κ2) is 4.53. The molecule has 5 heteroatoms. The predicted octanol–water partition coefficient (Wildman–Crippen LogP) is 2.21. The highest BCUT2D eigenvalue weighted by molar-refractivity contribution is 5.90. The van der Waals surface area contributed by atoms with E-state index in [2.05, 4.69) is 4.98 Å². The zero-order chi connectivity index (χ0) is 12.4. The molecular formula is C12H13FN2O2. The lowest BCUT2D eigenvalue weighted by molar-refractivity contribution is 0.0517. The van der Waals surface area contributed by atoms with Gasteiger partial charge >= 0.3 is 5.97 Å². The Morgan fingerprint density at radius 1 is 1.47 bits per heavy atom. The van der Waals surface area contributed by atoms with Crippen LogP contribution in [0.2, 0.25) is 0 Å². The molecule has 2 rings (SSSR count). The minimum atomic E-state index is -0.470. The quantitative estimate of drug-likeness (QED) is 0.767. The van der Waals surface area contributed by atoms with Gasteiger partial charge in [-0.2, -0.15) is 0 Å². The number of esters is 1. The van der Waals surface area contributed by atoms with Gasteiger partial charge in [0.05, 0.1) is 12.3 Å². The summed E-state index contributed by atoms with van der Waals surface area (Å²) in [4.78, 5) is 16.1. The smallest absolute Gasteiger partial charge is 0.357 e. The summed E-state index contributed by atoms with van der Waals surface area (Å²) in [6, 6.07) is 2.86. The molecule has 0 radical (unpaired) electrons. The Morgan fingerprint density at radius 3 is 2.88 bits per heavy atom. The standard InChI is InChI=1S/C12H13FN2O2/c1-3-9-11(12(16)17-4-2)15-7-8(13)5-6-10(15)14-9/h5-7H,3-4H2,1-2H3. The Labute approximate surface area is 98.0 Å². The second-order valence-corrected chi connectivity index (χ2v) is 3.56. The SMILES string of the molecule is CCOC(=O)c1c(CC)nc2ccc(F)cn12. The van der Waals surface area contributed by atoms with Crippen LogP contribution in [0.5, 0.6) is 0 Å². The van der Waals surface area contributed by atoms with Gasteiger partial charge in [0.25, 0.3) is 0 Å². The zero-order valence-electron chi connectivity index (χ0n) is 9.74. The summed E-state index contributed by atoms with van der Waals surface area (Å²) >= 11 is 0. The van der Waals surface area contributed by atoms with Crippen molar-refractivity contribution in [1.82, 2.24) is 9.38 Å². The normalized spacial score (nSPS) is 10.8. The molecule has 0 aliphatic heterocycles. The van der Waals surface area contributed by atoms with Crippen LogP contribution >= 0.6 is 0 Å². The van der Waals surface area contributed by atoms with Crippen molar-refractivity contribution in [3.8, 4) is 0 Å². The van der Waals surface area contributed by atoms with Crippen molar-refractivity contribution < 1.29 is 13.9 Å². The fourth-order valence-electron chi connectivity index (χ4n) is 1.73. The van der Waals surface area contributed by atoms with E-state index in [0.717, 1.165) is 0 Å². The first-order valence-corrected chi connectivity index (χ1v) is 5.51. The molecule has 0 fully saturated rings. The maximum atomic E-state index is 13.2. The number of hydrogen-bond donors (Lipinski definition) is 0. The summed E-state index contributed by atoms with van der Waals surface area (Å²) in [6.07, 6.45) is 1.84. The number of aryl methyl sites for hydroxylation is 1. The molecule has 90 valence electrons. The molecule has 0 spiro atoms. The molecule has 17 heavy (non-hydrogen) atoms. The first-order valence-electron chi connectivity index (χ1n) is 5.51. The fraction of sp³-hybridized carbons (Fsp3) is 0.333. The average Bonchev–Trinajstić information content (AvgIpc) is 2.66. The monoisotopic (exact) mass is 236 g/mol. The molecule has 0 aliphatic carbocycles. The number of halogens is 1. The second-order valence-electron chi connectivity index (χ2n) is 3.56. The molecule has 0 bridgehead atoms. The van der Waals surface area contributed by atoms with Gasteiger partial charge in [0, 0.05) is 6.20 Å². The predicted molar refractivity (Wildman–Crippen MR) is 60.5 cm³/mol.